The molecule has 0 unspecified atom stereocenters. The first-order valence-electron chi connectivity index (χ1n) is 5.34. The second kappa shape index (κ2) is 11.3. The van der Waals surface area contributed by atoms with Gasteiger partial charge in [0.15, 0.2) is 0 Å². The summed E-state index contributed by atoms with van der Waals surface area (Å²) in [5.74, 6) is -1.76. The Morgan fingerprint density at radius 3 is 1.05 bits per heavy atom. The molecule has 0 aliphatic rings. The molecular formula is C14H12O4Se2. The zero-order chi connectivity index (χ0) is 15.4. The van der Waals surface area contributed by atoms with E-state index in [0.717, 1.165) is 0 Å². The van der Waals surface area contributed by atoms with Crippen molar-refractivity contribution in [1.82, 2.24) is 0 Å². The Morgan fingerprint density at radius 1 is 0.650 bits per heavy atom. The molecule has 0 spiro atoms. The quantitative estimate of drug-likeness (QED) is 0.754. The second-order valence-electron chi connectivity index (χ2n) is 3.34. The van der Waals surface area contributed by atoms with Crippen molar-refractivity contribution < 1.29 is 19.8 Å². The molecule has 0 bridgehead atoms. The number of carboxylic acid groups (broad SMARTS) is 2. The number of carbonyl (C=O) groups is 2. The molecule has 0 aliphatic carbocycles. The molecule has 104 valence electrons. The van der Waals surface area contributed by atoms with Gasteiger partial charge in [-0.05, 0) is 24.3 Å². The van der Waals surface area contributed by atoms with E-state index in [2.05, 4.69) is 27.3 Å². The van der Waals surface area contributed by atoms with Crippen molar-refractivity contribution in [3.63, 3.8) is 0 Å². The van der Waals surface area contributed by atoms with Crippen molar-refractivity contribution in [3.05, 3.63) is 71.8 Å². The summed E-state index contributed by atoms with van der Waals surface area (Å²) in [7, 11) is 0. The Bertz CT molecular complexity index is 480. The molecule has 2 aromatic rings. The van der Waals surface area contributed by atoms with E-state index < -0.39 is 11.9 Å². The van der Waals surface area contributed by atoms with Crippen LogP contribution in [0.5, 0.6) is 0 Å². The van der Waals surface area contributed by atoms with Crippen molar-refractivity contribution in [2.24, 2.45) is 0 Å². The van der Waals surface area contributed by atoms with Crippen LogP contribution in [0.15, 0.2) is 60.7 Å². The van der Waals surface area contributed by atoms with Gasteiger partial charge in [0.1, 0.15) is 0 Å². The second-order valence-corrected chi connectivity index (χ2v) is 3.34. The predicted molar refractivity (Wildman–Crippen MR) is 78.3 cm³/mol. The first-order valence-corrected chi connectivity index (χ1v) is 9.68. The minimum atomic E-state index is -0.879. The average molecular weight is 402 g/mol. The van der Waals surface area contributed by atoms with Gasteiger partial charge in [0.2, 0.25) is 0 Å². The molecule has 6 heteroatoms. The van der Waals surface area contributed by atoms with E-state index in [-0.39, 0.29) is 0 Å². The Hall–Kier alpha value is -1.58. The van der Waals surface area contributed by atoms with E-state index >= 15 is 0 Å². The summed E-state index contributed by atoms with van der Waals surface area (Å²) in [5.41, 5.74) is 0.662. The summed E-state index contributed by atoms with van der Waals surface area (Å²) in [5, 5.41) is 16.8. The first-order chi connectivity index (χ1) is 9.61. The summed E-state index contributed by atoms with van der Waals surface area (Å²) in [6, 6.07) is 16.6. The number of hydrogen-bond donors (Lipinski definition) is 2. The Morgan fingerprint density at radius 2 is 0.900 bits per heavy atom. The fraction of sp³-hybridized carbons (Fsp3) is 0. The van der Waals surface area contributed by atoms with Gasteiger partial charge in [-0.3, -0.25) is 0 Å². The third kappa shape index (κ3) is 7.77. The van der Waals surface area contributed by atoms with Crippen LogP contribution in [0.3, 0.4) is 0 Å². The summed E-state index contributed by atoms with van der Waals surface area (Å²) in [6.45, 7) is 0. The van der Waals surface area contributed by atoms with Crippen LogP contribution < -0.4 is 0 Å². The molecule has 0 saturated carbocycles. The standard InChI is InChI=1S/2C7H6O2.Se2/c2*8-7(9)6-4-2-1-3-5-6;1-2/h2*1-5H,(H,8,9);. The Kier molecular flexibility index (Phi) is 10.4. The summed E-state index contributed by atoms with van der Waals surface area (Å²) < 4.78 is 0. The van der Waals surface area contributed by atoms with Gasteiger partial charge in [0.25, 0.3) is 0 Å². The minimum absolute atomic E-state index is 0.331. The SMILES string of the molecule is O=C(O)c1ccccc1.O=C(O)c1ccccc1.[Se]=[Se]. The van der Waals surface area contributed by atoms with Gasteiger partial charge in [0, 0.05) is 0 Å². The van der Waals surface area contributed by atoms with Crippen LogP contribution in [0, 0.1) is 0 Å². The van der Waals surface area contributed by atoms with Gasteiger partial charge in [-0.1, -0.05) is 36.4 Å². The molecular weight excluding hydrogens is 390 g/mol. The van der Waals surface area contributed by atoms with Crippen molar-refractivity contribution in [2.45, 2.75) is 0 Å². The number of carboxylic acids is 2. The van der Waals surface area contributed by atoms with Crippen molar-refractivity contribution in [1.29, 1.82) is 0 Å². The Labute approximate surface area is 130 Å². The van der Waals surface area contributed by atoms with E-state index in [1.165, 1.54) is 0 Å². The van der Waals surface area contributed by atoms with E-state index in [1.54, 1.807) is 60.7 Å². The Balaban J connectivity index is 0.000000321. The van der Waals surface area contributed by atoms with Crippen LogP contribution in [0.25, 0.3) is 0 Å². The average Bonchev–Trinajstić information content (AvgIpc) is 2.51. The molecule has 2 aromatic carbocycles. The van der Waals surface area contributed by atoms with E-state index in [9.17, 15) is 9.59 Å². The van der Waals surface area contributed by atoms with Crippen molar-refractivity contribution >= 4 is 39.2 Å². The molecule has 2 rings (SSSR count). The van der Waals surface area contributed by atoms with Gasteiger partial charge in [-0.15, -0.1) is 0 Å². The van der Waals surface area contributed by atoms with Crippen LogP contribution in [-0.2, 0) is 0 Å². The normalized spacial score (nSPS) is 8.20. The van der Waals surface area contributed by atoms with Gasteiger partial charge < -0.3 is 10.2 Å². The maximum absolute atomic E-state index is 10.2. The first kappa shape index (κ1) is 18.4. The van der Waals surface area contributed by atoms with Crippen molar-refractivity contribution in [3.8, 4) is 0 Å². The zero-order valence-corrected chi connectivity index (χ0v) is 13.7. The number of rotatable bonds is 2. The van der Waals surface area contributed by atoms with E-state index in [0.29, 0.717) is 11.1 Å². The van der Waals surface area contributed by atoms with Crippen LogP contribution in [-0.4, -0.2) is 49.5 Å². The van der Waals surface area contributed by atoms with Crippen molar-refractivity contribution in [2.75, 3.05) is 0 Å². The topological polar surface area (TPSA) is 74.6 Å². The fourth-order valence-corrected chi connectivity index (χ4v) is 1.16. The van der Waals surface area contributed by atoms with Gasteiger partial charge in [-0.25, -0.2) is 9.59 Å². The monoisotopic (exact) mass is 404 g/mol. The third-order valence-corrected chi connectivity index (χ3v) is 2.04. The number of aromatic carboxylic acids is 2. The molecule has 0 aliphatic heterocycles. The van der Waals surface area contributed by atoms with Crippen LogP contribution >= 0.6 is 0 Å². The molecule has 0 fully saturated rings. The van der Waals surface area contributed by atoms with Crippen LogP contribution in [0.2, 0.25) is 0 Å². The van der Waals surface area contributed by atoms with E-state index in [1.807, 2.05) is 0 Å². The molecule has 0 amide bonds. The van der Waals surface area contributed by atoms with Crippen LogP contribution in [0.1, 0.15) is 20.7 Å². The molecule has 0 heterocycles. The molecule has 0 aromatic heterocycles. The maximum atomic E-state index is 10.2. The molecule has 4 nitrogen and oxygen atoms in total. The van der Waals surface area contributed by atoms with E-state index in [4.69, 9.17) is 10.2 Å². The molecule has 20 heavy (non-hydrogen) atoms. The summed E-state index contributed by atoms with van der Waals surface area (Å²) >= 11 is 5.00. The van der Waals surface area contributed by atoms with Gasteiger partial charge in [0.05, 0.1) is 11.1 Å². The molecule has 2 N–H and O–H groups in total. The van der Waals surface area contributed by atoms with Gasteiger partial charge in [-0.2, -0.15) is 0 Å². The number of benzene rings is 2. The third-order valence-electron chi connectivity index (χ3n) is 2.04. The summed E-state index contributed by atoms with van der Waals surface area (Å²) in [4.78, 5) is 20.4. The number of hydrogen-bond acceptors (Lipinski definition) is 2. The summed E-state index contributed by atoms with van der Waals surface area (Å²) in [6.07, 6.45) is 0. The predicted octanol–water partition coefficient (Wildman–Crippen LogP) is 2.01. The fourth-order valence-electron chi connectivity index (χ4n) is 1.16. The van der Waals surface area contributed by atoms with Crippen LogP contribution in [0.4, 0.5) is 0 Å². The zero-order valence-electron chi connectivity index (χ0n) is 10.3. The van der Waals surface area contributed by atoms with Gasteiger partial charge >= 0.3 is 39.2 Å². The molecule has 0 radical (unpaired) electrons. The molecule has 0 atom stereocenters. The molecule has 0 saturated heterocycles.